The van der Waals surface area contributed by atoms with E-state index in [0.717, 1.165) is 13.0 Å². The minimum atomic E-state index is 0.867. The molecule has 1 heteroatoms. The molecule has 0 saturated carbocycles. The van der Waals surface area contributed by atoms with Gasteiger partial charge in [0.05, 0.1) is 0 Å². The summed E-state index contributed by atoms with van der Waals surface area (Å²) in [4.78, 5) is 0. The molecule has 0 fully saturated rings. The van der Waals surface area contributed by atoms with Crippen LogP contribution in [0.4, 0.5) is 0 Å². The maximum atomic E-state index is 5.51. The van der Waals surface area contributed by atoms with E-state index in [1.165, 1.54) is 109 Å². The van der Waals surface area contributed by atoms with Crippen LogP contribution < -0.4 is 5.73 Å². The fourth-order valence-corrected chi connectivity index (χ4v) is 3.19. The second kappa shape index (κ2) is 23.4. The second-order valence-corrected chi connectivity index (χ2v) is 7.49. The lowest BCUT2D eigenvalue weighted by molar-refractivity contribution is 0.542. The van der Waals surface area contributed by atoms with Crippen molar-refractivity contribution in [3.8, 4) is 0 Å². The predicted octanol–water partition coefficient (Wildman–Crippen LogP) is 8.10. The molecule has 2 N–H and O–H groups in total. The van der Waals surface area contributed by atoms with Gasteiger partial charge in [-0.3, -0.25) is 0 Å². The Balaban J connectivity index is 3.10. The molecule has 25 heavy (non-hydrogen) atoms. The second-order valence-electron chi connectivity index (χ2n) is 7.49. The predicted molar refractivity (Wildman–Crippen MR) is 116 cm³/mol. The van der Waals surface area contributed by atoms with Crippen LogP contribution in [0.2, 0.25) is 0 Å². The van der Waals surface area contributed by atoms with Crippen LogP contribution >= 0.6 is 0 Å². The van der Waals surface area contributed by atoms with Gasteiger partial charge in [-0.2, -0.15) is 0 Å². The van der Waals surface area contributed by atoms with Gasteiger partial charge in [-0.05, 0) is 45.1 Å². The third kappa shape index (κ3) is 23.4. The molecule has 0 bridgehead atoms. The summed E-state index contributed by atoms with van der Waals surface area (Å²) < 4.78 is 0. The molecule has 0 aliphatic rings. The van der Waals surface area contributed by atoms with Crippen LogP contribution in [0, 0.1) is 0 Å². The Kier molecular flexibility index (Phi) is 22.9. The zero-order valence-corrected chi connectivity index (χ0v) is 17.3. The number of rotatable bonds is 20. The average molecular weight is 350 g/mol. The van der Waals surface area contributed by atoms with E-state index in [1.807, 2.05) is 0 Å². The van der Waals surface area contributed by atoms with Crippen molar-refractivity contribution in [2.45, 2.75) is 122 Å². The van der Waals surface area contributed by atoms with Gasteiger partial charge in [0.25, 0.3) is 0 Å². The Morgan fingerprint density at radius 1 is 0.480 bits per heavy atom. The molecule has 0 aliphatic heterocycles. The largest absolute Gasteiger partial charge is 0.330 e. The van der Waals surface area contributed by atoms with Crippen LogP contribution in [0.15, 0.2) is 24.3 Å². The molecule has 0 spiro atoms. The summed E-state index contributed by atoms with van der Waals surface area (Å²) in [5.74, 6) is 0. The highest BCUT2D eigenvalue weighted by Gasteiger charge is 1.93. The molecule has 0 aromatic carbocycles. The third-order valence-corrected chi connectivity index (χ3v) is 4.90. The summed E-state index contributed by atoms with van der Waals surface area (Å²) in [5, 5.41) is 0. The fourth-order valence-electron chi connectivity index (χ4n) is 3.19. The lowest BCUT2D eigenvalue weighted by Crippen LogP contribution is -1.97. The first kappa shape index (κ1) is 24.4. The van der Waals surface area contributed by atoms with Gasteiger partial charge in [-0.15, -0.1) is 0 Å². The highest BCUT2D eigenvalue weighted by atomic mass is 14.5. The maximum absolute atomic E-state index is 5.51. The molecule has 0 amide bonds. The smallest absolute Gasteiger partial charge is 0.00773 e. The van der Waals surface area contributed by atoms with Crippen LogP contribution in [0.25, 0.3) is 0 Å². The third-order valence-electron chi connectivity index (χ3n) is 4.90. The topological polar surface area (TPSA) is 26.0 Å². The first-order chi connectivity index (χ1) is 12.4. The Morgan fingerprint density at radius 3 is 1.32 bits per heavy atom. The molecule has 148 valence electrons. The van der Waals surface area contributed by atoms with Gasteiger partial charge in [0, 0.05) is 0 Å². The van der Waals surface area contributed by atoms with E-state index in [-0.39, 0.29) is 0 Å². The van der Waals surface area contributed by atoms with Crippen molar-refractivity contribution in [3.63, 3.8) is 0 Å². The van der Waals surface area contributed by atoms with Gasteiger partial charge in [-0.25, -0.2) is 0 Å². The van der Waals surface area contributed by atoms with Crippen molar-refractivity contribution < 1.29 is 0 Å². The van der Waals surface area contributed by atoms with Gasteiger partial charge >= 0.3 is 0 Å². The van der Waals surface area contributed by atoms with E-state index < -0.39 is 0 Å². The summed E-state index contributed by atoms with van der Waals surface area (Å²) in [7, 11) is 0. The van der Waals surface area contributed by atoms with Crippen molar-refractivity contribution in [2.24, 2.45) is 5.73 Å². The van der Waals surface area contributed by atoms with E-state index in [0.29, 0.717) is 0 Å². The summed E-state index contributed by atoms with van der Waals surface area (Å²) in [6, 6.07) is 0. The first-order valence-corrected chi connectivity index (χ1v) is 11.4. The van der Waals surface area contributed by atoms with Crippen molar-refractivity contribution in [1.29, 1.82) is 0 Å². The highest BCUT2D eigenvalue weighted by molar-refractivity contribution is 4.92. The molecule has 0 atom stereocenters. The number of hydrogen-bond donors (Lipinski definition) is 1. The maximum Gasteiger partial charge on any atom is -0.00773 e. The van der Waals surface area contributed by atoms with Gasteiger partial charge < -0.3 is 5.73 Å². The van der Waals surface area contributed by atoms with Crippen LogP contribution in [-0.4, -0.2) is 6.54 Å². The molecule has 0 saturated heterocycles. The van der Waals surface area contributed by atoms with Gasteiger partial charge in [0.2, 0.25) is 0 Å². The van der Waals surface area contributed by atoms with E-state index in [1.54, 1.807) is 0 Å². The molecule has 0 rings (SSSR count). The van der Waals surface area contributed by atoms with Crippen molar-refractivity contribution >= 4 is 0 Å². The zero-order valence-electron chi connectivity index (χ0n) is 17.3. The van der Waals surface area contributed by atoms with Crippen LogP contribution in [0.5, 0.6) is 0 Å². The van der Waals surface area contributed by atoms with Crippen molar-refractivity contribution in [1.82, 2.24) is 0 Å². The zero-order chi connectivity index (χ0) is 18.3. The quantitative estimate of drug-likeness (QED) is 0.174. The molecule has 0 radical (unpaired) electrons. The van der Waals surface area contributed by atoms with Crippen LogP contribution in [-0.2, 0) is 0 Å². The van der Waals surface area contributed by atoms with E-state index >= 15 is 0 Å². The molecule has 0 aromatic rings. The Hall–Kier alpha value is -0.560. The molecular formula is C24H47N. The SMILES string of the molecule is CCCCCC=CCC=CCCCCCCCCCCCCCCN. The lowest BCUT2D eigenvalue weighted by Gasteiger charge is -2.02. The molecule has 0 aromatic heterocycles. The van der Waals surface area contributed by atoms with Crippen molar-refractivity contribution in [3.05, 3.63) is 24.3 Å². The molecular weight excluding hydrogens is 302 g/mol. The Morgan fingerprint density at radius 2 is 0.880 bits per heavy atom. The molecule has 0 aliphatic carbocycles. The standard InChI is InChI=1S/C24H47N/c1-2-3-4-5-6-7-8-9-10-11-12-13-14-15-16-17-18-19-20-21-22-23-24-25/h6-7,9-10H,2-5,8,11-25H2,1H3. The van der Waals surface area contributed by atoms with Crippen LogP contribution in [0.1, 0.15) is 122 Å². The average Bonchev–Trinajstić information content (AvgIpc) is 2.63. The molecule has 0 unspecified atom stereocenters. The number of hydrogen-bond acceptors (Lipinski definition) is 1. The summed E-state index contributed by atoms with van der Waals surface area (Å²) in [6.45, 7) is 3.13. The minimum Gasteiger partial charge on any atom is -0.330 e. The van der Waals surface area contributed by atoms with Gasteiger partial charge in [-0.1, -0.05) is 108 Å². The van der Waals surface area contributed by atoms with Crippen LogP contribution in [0.3, 0.4) is 0 Å². The van der Waals surface area contributed by atoms with E-state index in [4.69, 9.17) is 5.73 Å². The lowest BCUT2D eigenvalue weighted by atomic mass is 10.0. The molecule has 0 heterocycles. The highest BCUT2D eigenvalue weighted by Crippen LogP contribution is 2.12. The minimum absolute atomic E-state index is 0.867. The first-order valence-electron chi connectivity index (χ1n) is 11.4. The monoisotopic (exact) mass is 349 g/mol. The number of nitrogens with two attached hydrogens (primary N) is 1. The normalized spacial score (nSPS) is 11.9. The summed E-state index contributed by atoms with van der Waals surface area (Å²) >= 11 is 0. The van der Waals surface area contributed by atoms with Gasteiger partial charge in [0.1, 0.15) is 0 Å². The summed E-state index contributed by atoms with van der Waals surface area (Å²) in [5.41, 5.74) is 5.51. The number of unbranched alkanes of at least 4 members (excludes halogenated alkanes) is 15. The van der Waals surface area contributed by atoms with Crippen molar-refractivity contribution in [2.75, 3.05) is 6.54 Å². The number of allylic oxidation sites excluding steroid dienone is 4. The van der Waals surface area contributed by atoms with Gasteiger partial charge in [0.15, 0.2) is 0 Å². The van der Waals surface area contributed by atoms with E-state index in [2.05, 4.69) is 31.2 Å². The Bertz CT molecular complexity index is 280. The molecule has 1 nitrogen and oxygen atoms in total. The Labute approximate surface area is 159 Å². The summed E-state index contributed by atoms with van der Waals surface area (Å²) in [6.07, 6.45) is 33.9. The van der Waals surface area contributed by atoms with E-state index in [9.17, 15) is 0 Å². The fraction of sp³-hybridized carbons (Fsp3) is 0.833.